The molecule has 0 radical (unpaired) electrons. The zero-order valence-electron chi connectivity index (χ0n) is 8.37. The Hall–Kier alpha value is -0.830. The van der Waals surface area contributed by atoms with Gasteiger partial charge in [0.15, 0.2) is 0 Å². The highest BCUT2D eigenvalue weighted by Crippen LogP contribution is 2.37. The summed E-state index contributed by atoms with van der Waals surface area (Å²) in [6.07, 6.45) is 3.40. The highest BCUT2D eigenvalue weighted by molar-refractivity contribution is 9.10. The molecule has 1 N–H and O–H groups in total. The molecule has 1 atom stereocenters. The van der Waals surface area contributed by atoms with E-state index >= 15 is 0 Å². The zero-order chi connectivity index (χ0) is 10.8. The lowest BCUT2D eigenvalue weighted by Gasteiger charge is -2.25. The number of fused-ring (bicyclic) bond motifs is 1. The molecule has 0 saturated heterocycles. The van der Waals surface area contributed by atoms with Crippen LogP contribution in [0.4, 0.5) is 0 Å². The maximum Gasteiger partial charge on any atom is 0.303 e. The van der Waals surface area contributed by atoms with Crippen molar-refractivity contribution in [1.82, 2.24) is 0 Å². The van der Waals surface area contributed by atoms with Crippen molar-refractivity contribution in [1.29, 1.82) is 0 Å². The van der Waals surface area contributed by atoms with E-state index in [1.165, 1.54) is 11.1 Å². The van der Waals surface area contributed by atoms with Gasteiger partial charge in [-0.2, -0.15) is 0 Å². The Balaban J connectivity index is 2.34. The second kappa shape index (κ2) is 4.35. The van der Waals surface area contributed by atoms with Crippen LogP contribution in [0.1, 0.15) is 36.3 Å². The van der Waals surface area contributed by atoms with Crippen LogP contribution in [0.25, 0.3) is 0 Å². The second-order valence-corrected chi connectivity index (χ2v) is 4.85. The first-order valence-electron chi connectivity index (χ1n) is 5.17. The minimum absolute atomic E-state index is 0.198. The summed E-state index contributed by atoms with van der Waals surface area (Å²) in [7, 11) is 0. The molecule has 0 aliphatic heterocycles. The molecule has 0 fully saturated rings. The lowest BCUT2D eigenvalue weighted by atomic mass is 9.81. The van der Waals surface area contributed by atoms with Gasteiger partial charge in [0, 0.05) is 4.47 Å². The number of halogens is 1. The van der Waals surface area contributed by atoms with Gasteiger partial charge in [-0.25, -0.2) is 0 Å². The third-order valence-electron chi connectivity index (χ3n) is 3.00. The molecule has 0 aromatic heterocycles. The van der Waals surface area contributed by atoms with E-state index in [9.17, 15) is 4.79 Å². The summed E-state index contributed by atoms with van der Waals surface area (Å²) >= 11 is 3.53. The SMILES string of the molecule is O=C(O)CC1CCCc2c(Br)cccc21. The summed E-state index contributed by atoms with van der Waals surface area (Å²) in [5.74, 6) is -0.503. The number of carbonyl (C=O) groups is 1. The van der Waals surface area contributed by atoms with Crippen molar-refractivity contribution in [3.8, 4) is 0 Å². The predicted octanol–water partition coefficient (Wildman–Crippen LogP) is 3.34. The normalized spacial score (nSPS) is 19.7. The van der Waals surface area contributed by atoms with Crippen LogP contribution in [0.5, 0.6) is 0 Å². The highest BCUT2D eigenvalue weighted by Gasteiger charge is 2.23. The fourth-order valence-electron chi connectivity index (χ4n) is 2.33. The van der Waals surface area contributed by atoms with Crippen LogP contribution in [-0.2, 0) is 11.2 Å². The van der Waals surface area contributed by atoms with E-state index < -0.39 is 5.97 Å². The lowest BCUT2D eigenvalue weighted by Crippen LogP contribution is -2.13. The molecule has 0 saturated carbocycles. The summed E-state index contributed by atoms with van der Waals surface area (Å²) in [4.78, 5) is 10.8. The molecule has 2 nitrogen and oxygen atoms in total. The van der Waals surface area contributed by atoms with Gasteiger partial charge in [0.1, 0.15) is 0 Å². The average Bonchev–Trinajstić information content (AvgIpc) is 2.19. The van der Waals surface area contributed by atoms with E-state index in [0.29, 0.717) is 0 Å². The molecule has 0 heterocycles. The van der Waals surface area contributed by atoms with Gasteiger partial charge in [-0.3, -0.25) is 4.79 Å². The molecule has 0 amide bonds. The van der Waals surface area contributed by atoms with E-state index in [2.05, 4.69) is 22.0 Å². The zero-order valence-corrected chi connectivity index (χ0v) is 9.96. The van der Waals surface area contributed by atoms with E-state index in [1.54, 1.807) is 0 Å². The summed E-state index contributed by atoms with van der Waals surface area (Å²) < 4.78 is 1.12. The number of hydrogen-bond donors (Lipinski definition) is 1. The molecule has 1 aromatic carbocycles. The van der Waals surface area contributed by atoms with Gasteiger partial charge in [-0.15, -0.1) is 0 Å². The molecule has 1 aromatic rings. The van der Waals surface area contributed by atoms with Crippen molar-refractivity contribution in [2.24, 2.45) is 0 Å². The van der Waals surface area contributed by atoms with Gasteiger partial charge < -0.3 is 5.11 Å². The van der Waals surface area contributed by atoms with Crippen LogP contribution in [0, 0.1) is 0 Å². The van der Waals surface area contributed by atoms with Crippen LogP contribution in [0.3, 0.4) is 0 Å². The predicted molar refractivity (Wildman–Crippen MR) is 62.1 cm³/mol. The van der Waals surface area contributed by atoms with Gasteiger partial charge in [-0.05, 0) is 42.4 Å². The molecule has 0 spiro atoms. The fraction of sp³-hybridized carbons (Fsp3) is 0.417. The van der Waals surface area contributed by atoms with Crippen molar-refractivity contribution in [2.45, 2.75) is 31.6 Å². The standard InChI is InChI=1S/C12H13BrO2/c13-11-6-2-4-9-8(7-12(14)15)3-1-5-10(9)11/h2,4,6,8H,1,3,5,7H2,(H,14,15). The van der Waals surface area contributed by atoms with Gasteiger partial charge >= 0.3 is 5.97 Å². The maximum atomic E-state index is 10.8. The number of hydrogen-bond acceptors (Lipinski definition) is 1. The molecular weight excluding hydrogens is 256 g/mol. The number of carboxylic acid groups (broad SMARTS) is 1. The van der Waals surface area contributed by atoms with Gasteiger partial charge in [0.05, 0.1) is 6.42 Å². The van der Waals surface area contributed by atoms with Crippen LogP contribution in [0.2, 0.25) is 0 Å². The van der Waals surface area contributed by atoms with E-state index in [-0.39, 0.29) is 12.3 Å². The maximum absolute atomic E-state index is 10.8. The Morgan fingerprint density at radius 2 is 2.33 bits per heavy atom. The van der Waals surface area contributed by atoms with E-state index in [0.717, 1.165) is 23.7 Å². The first-order chi connectivity index (χ1) is 7.18. The van der Waals surface area contributed by atoms with Gasteiger partial charge in [-0.1, -0.05) is 28.1 Å². The number of rotatable bonds is 2. The molecule has 15 heavy (non-hydrogen) atoms. The van der Waals surface area contributed by atoms with Crippen LogP contribution < -0.4 is 0 Å². The Bertz CT molecular complexity index is 387. The van der Waals surface area contributed by atoms with Crippen LogP contribution >= 0.6 is 15.9 Å². The largest absolute Gasteiger partial charge is 0.481 e. The van der Waals surface area contributed by atoms with E-state index in [4.69, 9.17) is 5.11 Å². The molecule has 1 unspecified atom stereocenters. The van der Waals surface area contributed by atoms with Crippen molar-refractivity contribution in [3.63, 3.8) is 0 Å². The molecule has 1 aliphatic carbocycles. The molecular formula is C12H13BrO2. The monoisotopic (exact) mass is 268 g/mol. The first-order valence-corrected chi connectivity index (χ1v) is 5.97. The van der Waals surface area contributed by atoms with E-state index in [1.807, 2.05) is 12.1 Å². The Morgan fingerprint density at radius 3 is 3.07 bits per heavy atom. The summed E-state index contributed by atoms with van der Waals surface area (Å²) in [6.45, 7) is 0. The number of carboxylic acids is 1. The molecule has 0 bridgehead atoms. The van der Waals surface area contributed by atoms with Crippen molar-refractivity contribution >= 4 is 21.9 Å². The summed E-state index contributed by atoms with van der Waals surface area (Å²) in [6, 6.07) is 6.08. The van der Waals surface area contributed by atoms with Crippen LogP contribution in [-0.4, -0.2) is 11.1 Å². The minimum Gasteiger partial charge on any atom is -0.481 e. The second-order valence-electron chi connectivity index (χ2n) is 3.99. The van der Waals surface area contributed by atoms with Crippen molar-refractivity contribution in [2.75, 3.05) is 0 Å². The lowest BCUT2D eigenvalue weighted by molar-refractivity contribution is -0.137. The Kier molecular flexibility index (Phi) is 3.10. The Labute approximate surface area is 97.4 Å². The average molecular weight is 269 g/mol. The first kappa shape index (κ1) is 10.7. The molecule has 1 aliphatic rings. The number of benzene rings is 1. The molecule has 2 rings (SSSR count). The third kappa shape index (κ3) is 2.23. The quantitative estimate of drug-likeness (QED) is 0.894. The topological polar surface area (TPSA) is 37.3 Å². The smallest absolute Gasteiger partial charge is 0.303 e. The van der Waals surface area contributed by atoms with Crippen LogP contribution in [0.15, 0.2) is 22.7 Å². The molecule has 80 valence electrons. The van der Waals surface area contributed by atoms with Gasteiger partial charge in [0.2, 0.25) is 0 Å². The summed E-state index contributed by atoms with van der Waals surface area (Å²) in [5, 5.41) is 8.85. The van der Waals surface area contributed by atoms with Crippen molar-refractivity contribution < 1.29 is 9.90 Å². The van der Waals surface area contributed by atoms with Crippen molar-refractivity contribution in [3.05, 3.63) is 33.8 Å². The highest BCUT2D eigenvalue weighted by atomic mass is 79.9. The molecule has 3 heteroatoms. The Morgan fingerprint density at radius 1 is 1.53 bits per heavy atom. The fourth-order valence-corrected chi connectivity index (χ4v) is 2.90. The summed E-state index contributed by atoms with van der Waals surface area (Å²) in [5.41, 5.74) is 2.52. The third-order valence-corrected chi connectivity index (χ3v) is 3.74. The van der Waals surface area contributed by atoms with Gasteiger partial charge in [0.25, 0.3) is 0 Å². The minimum atomic E-state index is -0.701. The number of aliphatic carboxylic acids is 1.